The number of nitrogens with one attached hydrogen (secondary N) is 1. The second-order valence-electron chi connectivity index (χ2n) is 7.10. The molecule has 0 spiro atoms. The first-order valence-electron chi connectivity index (χ1n) is 9.92. The molecule has 29 heavy (non-hydrogen) atoms. The van der Waals surface area contributed by atoms with E-state index in [1.165, 1.54) is 17.0 Å². The molecule has 156 valence electrons. The van der Waals surface area contributed by atoms with Gasteiger partial charge in [-0.1, -0.05) is 61.3 Å². The van der Waals surface area contributed by atoms with Crippen LogP contribution in [0.5, 0.6) is 0 Å². The second-order valence-corrected chi connectivity index (χ2v) is 7.51. The first-order chi connectivity index (χ1) is 13.9. The quantitative estimate of drug-likeness (QED) is 0.643. The lowest BCUT2D eigenvalue weighted by Crippen LogP contribution is -2.49. The molecule has 0 saturated heterocycles. The van der Waals surface area contributed by atoms with Crippen molar-refractivity contribution in [2.45, 2.75) is 52.6 Å². The van der Waals surface area contributed by atoms with Crippen LogP contribution in [-0.4, -0.2) is 29.3 Å². The summed E-state index contributed by atoms with van der Waals surface area (Å²) in [6, 6.07) is 11.5. The van der Waals surface area contributed by atoms with Crippen molar-refractivity contribution in [2.75, 3.05) is 6.54 Å². The zero-order chi connectivity index (χ0) is 21.4. The fourth-order valence-electron chi connectivity index (χ4n) is 3.13. The van der Waals surface area contributed by atoms with Crippen LogP contribution >= 0.6 is 11.6 Å². The van der Waals surface area contributed by atoms with Crippen LogP contribution in [0.15, 0.2) is 42.5 Å². The van der Waals surface area contributed by atoms with Gasteiger partial charge >= 0.3 is 0 Å². The molecule has 2 aromatic rings. The topological polar surface area (TPSA) is 49.4 Å². The summed E-state index contributed by atoms with van der Waals surface area (Å²) < 4.78 is 14.2. The predicted molar refractivity (Wildman–Crippen MR) is 114 cm³/mol. The summed E-state index contributed by atoms with van der Waals surface area (Å²) in [6.07, 6.45) is 1.06. The number of benzene rings is 2. The van der Waals surface area contributed by atoms with Gasteiger partial charge < -0.3 is 10.2 Å². The Labute approximate surface area is 177 Å². The zero-order valence-electron chi connectivity index (χ0n) is 17.2. The van der Waals surface area contributed by atoms with Crippen molar-refractivity contribution in [3.8, 4) is 0 Å². The third kappa shape index (κ3) is 6.29. The minimum absolute atomic E-state index is 0.150. The van der Waals surface area contributed by atoms with E-state index in [1.54, 1.807) is 6.07 Å². The number of halogens is 2. The number of hydrogen-bond acceptors (Lipinski definition) is 2. The molecule has 0 bridgehead atoms. The number of hydrogen-bond donors (Lipinski definition) is 1. The number of aryl methyl sites for hydroxylation is 1. The molecule has 0 fully saturated rings. The van der Waals surface area contributed by atoms with Crippen molar-refractivity contribution in [1.82, 2.24) is 10.2 Å². The molecule has 1 atom stereocenters. The molecule has 2 rings (SSSR count). The van der Waals surface area contributed by atoms with E-state index in [2.05, 4.69) is 5.32 Å². The van der Waals surface area contributed by atoms with Crippen molar-refractivity contribution in [2.24, 2.45) is 0 Å². The fourth-order valence-corrected chi connectivity index (χ4v) is 3.36. The second kappa shape index (κ2) is 11.0. The van der Waals surface area contributed by atoms with Crippen LogP contribution in [0.2, 0.25) is 5.02 Å². The van der Waals surface area contributed by atoms with Crippen molar-refractivity contribution >= 4 is 23.4 Å². The number of nitrogens with zero attached hydrogens (tertiary/aromatic N) is 1. The lowest BCUT2D eigenvalue weighted by atomic mass is 10.1. The van der Waals surface area contributed by atoms with Crippen molar-refractivity contribution in [3.05, 3.63) is 70.0 Å². The summed E-state index contributed by atoms with van der Waals surface area (Å²) in [7, 11) is 0. The van der Waals surface area contributed by atoms with E-state index in [-0.39, 0.29) is 35.4 Å². The Morgan fingerprint density at radius 2 is 1.83 bits per heavy atom. The van der Waals surface area contributed by atoms with Gasteiger partial charge in [0.2, 0.25) is 11.8 Å². The van der Waals surface area contributed by atoms with Crippen LogP contribution in [0.1, 0.15) is 43.4 Å². The summed E-state index contributed by atoms with van der Waals surface area (Å²) in [5, 5.41) is 3.07. The highest BCUT2D eigenvalue weighted by atomic mass is 35.5. The Morgan fingerprint density at radius 1 is 1.14 bits per heavy atom. The average Bonchev–Trinajstić information content (AvgIpc) is 2.70. The normalized spacial score (nSPS) is 11.8. The highest BCUT2D eigenvalue weighted by Gasteiger charge is 2.29. The van der Waals surface area contributed by atoms with Gasteiger partial charge in [0.15, 0.2) is 0 Å². The Morgan fingerprint density at radius 3 is 2.41 bits per heavy atom. The third-order valence-corrected chi connectivity index (χ3v) is 5.15. The lowest BCUT2D eigenvalue weighted by molar-refractivity contribution is -0.141. The fraction of sp³-hybridized carbons (Fsp3) is 0.391. The van der Waals surface area contributed by atoms with Gasteiger partial charge in [-0.25, -0.2) is 4.39 Å². The monoisotopic (exact) mass is 418 g/mol. The Bertz CT molecular complexity index is 819. The summed E-state index contributed by atoms with van der Waals surface area (Å²) in [5.41, 5.74) is 2.17. The molecule has 0 heterocycles. The molecule has 2 amide bonds. The summed E-state index contributed by atoms with van der Waals surface area (Å²) >= 11 is 6.11. The molecule has 0 saturated carbocycles. The minimum atomic E-state index is -0.638. The van der Waals surface area contributed by atoms with Gasteiger partial charge in [-0.15, -0.1) is 0 Å². The summed E-state index contributed by atoms with van der Waals surface area (Å²) in [6.45, 7) is 6.63. The van der Waals surface area contributed by atoms with E-state index >= 15 is 0 Å². The summed E-state index contributed by atoms with van der Waals surface area (Å²) in [4.78, 5) is 27.4. The Balaban J connectivity index is 2.32. The number of rotatable bonds is 9. The highest BCUT2D eigenvalue weighted by Crippen LogP contribution is 2.22. The maximum absolute atomic E-state index is 14.2. The maximum atomic E-state index is 14.2. The number of carbonyl (C=O) groups is 2. The molecule has 0 aliphatic carbocycles. The standard InChI is InChI=1S/C23H28ClFN2O2/c1-4-13-26-23(29)21(5-2)27(15-17-11-9-16(3)10-12-17)22(28)14-18-19(24)7-6-8-20(18)25/h6-12,21H,4-5,13-15H2,1-3H3,(H,26,29)/t21-/m1/s1. The average molecular weight is 419 g/mol. The van der Waals surface area contributed by atoms with Crippen LogP contribution in [0, 0.1) is 12.7 Å². The van der Waals surface area contributed by atoms with E-state index in [9.17, 15) is 14.0 Å². The smallest absolute Gasteiger partial charge is 0.242 e. The van der Waals surface area contributed by atoms with E-state index in [0.717, 1.165) is 17.5 Å². The number of amides is 2. The van der Waals surface area contributed by atoms with E-state index < -0.39 is 11.9 Å². The molecule has 0 aliphatic heterocycles. The van der Waals surface area contributed by atoms with Crippen molar-refractivity contribution in [1.29, 1.82) is 0 Å². The van der Waals surface area contributed by atoms with Crippen molar-refractivity contribution < 1.29 is 14.0 Å². The van der Waals surface area contributed by atoms with Gasteiger partial charge in [0.1, 0.15) is 11.9 Å². The van der Waals surface area contributed by atoms with Gasteiger partial charge in [0.25, 0.3) is 0 Å². The van der Waals surface area contributed by atoms with E-state index in [0.29, 0.717) is 13.0 Å². The van der Waals surface area contributed by atoms with Crippen LogP contribution in [0.4, 0.5) is 4.39 Å². The van der Waals surface area contributed by atoms with Crippen LogP contribution in [-0.2, 0) is 22.6 Å². The lowest BCUT2D eigenvalue weighted by Gasteiger charge is -2.31. The molecular formula is C23H28ClFN2O2. The number of carbonyl (C=O) groups excluding carboxylic acids is 2. The maximum Gasteiger partial charge on any atom is 0.242 e. The van der Waals surface area contributed by atoms with E-state index in [1.807, 2.05) is 45.0 Å². The largest absolute Gasteiger partial charge is 0.354 e. The minimum Gasteiger partial charge on any atom is -0.354 e. The highest BCUT2D eigenvalue weighted by molar-refractivity contribution is 6.31. The van der Waals surface area contributed by atoms with Crippen LogP contribution < -0.4 is 5.32 Å². The van der Waals surface area contributed by atoms with Gasteiger partial charge in [0.05, 0.1) is 6.42 Å². The Hall–Kier alpha value is -2.40. The molecule has 0 aromatic heterocycles. The SMILES string of the molecule is CCCNC(=O)[C@@H](CC)N(Cc1ccc(C)cc1)C(=O)Cc1c(F)cccc1Cl. The van der Waals surface area contributed by atoms with Crippen molar-refractivity contribution in [3.63, 3.8) is 0 Å². The van der Waals surface area contributed by atoms with Gasteiger partial charge in [-0.3, -0.25) is 9.59 Å². The van der Waals surface area contributed by atoms with Gasteiger partial charge in [-0.2, -0.15) is 0 Å². The van der Waals surface area contributed by atoms with E-state index in [4.69, 9.17) is 11.6 Å². The first kappa shape index (κ1) is 22.9. The first-order valence-corrected chi connectivity index (χ1v) is 10.3. The van der Waals surface area contributed by atoms with Crippen LogP contribution in [0.3, 0.4) is 0 Å². The predicted octanol–water partition coefficient (Wildman–Crippen LogP) is 4.66. The molecular weight excluding hydrogens is 391 g/mol. The van der Waals surface area contributed by atoms with Gasteiger partial charge in [0, 0.05) is 23.7 Å². The molecule has 6 heteroatoms. The molecule has 4 nitrogen and oxygen atoms in total. The molecule has 1 N–H and O–H groups in total. The molecule has 0 unspecified atom stereocenters. The molecule has 0 aliphatic rings. The summed E-state index contributed by atoms with van der Waals surface area (Å²) in [5.74, 6) is -1.06. The van der Waals surface area contributed by atoms with Crippen LogP contribution in [0.25, 0.3) is 0 Å². The zero-order valence-corrected chi connectivity index (χ0v) is 17.9. The third-order valence-electron chi connectivity index (χ3n) is 4.80. The molecule has 2 aromatic carbocycles. The Kier molecular flexibility index (Phi) is 8.65. The molecule has 0 radical (unpaired) electrons. The van der Waals surface area contributed by atoms with Gasteiger partial charge in [-0.05, 0) is 37.5 Å².